The Hall–Kier alpha value is -3.30. The Morgan fingerprint density at radius 3 is 2.31 bits per heavy atom. The smallest absolute Gasteiger partial charge is 0.419 e. The van der Waals surface area contributed by atoms with Gasteiger partial charge in [-0.15, -0.1) is 0 Å². The predicted octanol–water partition coefficient (Wildman–Crippen LogP) is 1.35. The molecule has 0 radical (unpaired) electrons. The second-order valence-electron chi connectivity index (χ2n) is 7.67. The number of hydrogen-bond donors (Lipinski definition) is 6. The number of halogens is 4. The van der Waals surface area contributed by atoms with Crippen molar-refractivity contribution in [2.45, 2.75) is 30.6 Å². The summed E-state index contributed by atoms with van der Waals surface area (Å²) in [6.07, 6.45) is -10.8. The number of hydrogen-bond acceptors (Lipinski definition) is 10. The highest BCUT2D eigenvalue weighted by molar-refractivity contribution is 5.93. The minimum absolute atomic E-state index is 0.0548. The van der Waals surface area contributed by atoms with Gasteiger partial charge < -0.3 is 40.3 Å². The number of ether oxygens (including phenoxy) is 2. The number of aromatic nitrogens is 2. The molecule has 0 fully saturated rings. The normalized spacial score (nSPS) is 15.3. The van der Waals surface area contributed by atoms with Crippen molar-refractivity contribution in [2.24, 2.45) is 0 Å². The quantitative estimate of drug-likeness (QED) is 0.217. The number of methoxy groups -OCH3 is 1. The fourth-order valence-corrected chi connectivity index (χ4v) is 3.23. The summed E-state index contributed by atoms with van der Waals surface area (Å²) in [7, 11) is 1.30. The van der Waals surface area contributed by atoms with Crippen molar-refractivity contribution in [2.75, 3.05) is 25.6 Å². The number of aliphatic hydroxyl groups is 5. The van der Waals surface area contributed by atoms with Gasteiger partial charge in [-0.05, 0) is 24.3 Å². The Labute approximate surface area is 201 Å². The Bertz CT molecular complexity index is 1200. The molecule has 0 aliphatic rings. The van der Waals surface area contributed by atoms with E-state index < -0.39 is 55.2 Å². The lowest BCUT2D eigenvalue weighted by molar-refractivity contribution is -0.139. The summed E-state index contributed by atoms with van der Waals surface area (Å²) >= 11 is 0. The summed E-state index contributed by atoms with van der Waals surface area (Å²) in [4.78, 5) is 8.10. The number of anilines is 2. The van der Waals surface area contributed by atoms with Gasteiger partial charge in [-0.2, -0.15) is 13.2 Å². The van der Waals surface area contributed by atoms with Crippen LogP contribution in [0.5, 0.6) is 11.5 Å². The molecular formula is C22H23F4N3O7. The summed E-state index contributed by atoms with van der Waals surface area (Å²) in [6.45, 7) is -1.39. The fraction of sp³-hybridized carbons (Fsp3) is 0.364. The average Bonchev–Trinajstić information content (AvgIpc) is 2.85. The van der Waals surface area contributed by atoms with Gasteiger partial charge >= 0.3 is 6.18 Å². The van der Waals surface area contributed by atoms with Crippen LogP contribution in [0.1, 0.15) is 5.56 Å². The third-order valence-corrected chi connectivity index (χ3v) is 5.19. The maximum atomic E-state index is 13.6. The minimum Gasteiger partial charge on any atom is -0.493 e. The van der Waals surface area contributed by atoms with Crippen molar-refractivity contribution in [3.05, 3.63) is 48.0 Å². The average molecular weight is 517 g/mol. The van der Waals surface area contributed by atoms with E-state index in [4.69, 9.17) is 14.6 Å². The number of nitrogens with zero attached hydrogens (tertiary/aromatic N) is 2. The molecule has 36 heavy (non-hydrogen) atoms. The molecule has 3 aromatic rings. The summed E-state index contributed by atoms with van der Waals surface area (Å²) < 4.78 is 63.5. The van der Waals surface area contributed by atoms with E-state index in [1.165, 1.54) is 19.2 Å². The number of benzene rings is 2. The molecule has 196 valence electrons. The standard InChI is InChI=1S/C22H23F4N3O7/c1-35-17-5-11-14(6-18(17)36-8-16(32)20(34)19(33)15(31)7-30)27-9-28-21(11)29-10-2-3-13(23)12(4-10)22(24,25)26/h2-6,9,15-16,19-20,30-34H,7-8H2,1H3,(H,27,28,29)/t15-,16-,19+,20+/m1/s1. The third kappa shape index (κ3) is 6.09. The van der Waals surface area contributed by atoms with Crippen LogP contribution < -0.4 is 14.8 Å². The molecule has 10 nitrogen and oxygen atoms in total. The van der Waals surface area contributed by atoms with E-state index in [2.05, 4.69) is 15.3 Å². The highest BCUT2D eigenvalue weighted by Gasteiger charge is 2.34. The molecule has 0 saturated carbocycles. The summed E-state index contributed by atoms with van der Waals surface area (Å²) in [6, 6.07) is 5.19. The van der Waals surface area contributed by atoms with Crippen molar-refractivity contribution >= 4 is 22.4 Å². The summed E-state index contributed by atoms with van der Waals surface area (Å²) in [5, 5.41) is 51.0. The highest BCUT2D eigenvalue weighted by Crippen LogP contribution is 2.36. The molecular weight excluding hydrogens is 494 g/mol. The Kier molecular flexibility index (Phi) is 8.47. The van der Waals surface area contributed by atoms with Crippen LogP contribution >= 0.6 is 0 Å². The first-order valence-corrected chi connectivity index (χ1v) is 10.4. The maximum Gasteiger partial charge on any atom is 0.419 e. The molecule has 0 bridgehead atoms. The van der Waals surface area contributed by atoms with Crippen LogP contribution in [-0.4, -0.2) is 80.2 Å². The molecule has 0 aliphatic heterocycles. The van der Waals surface area contributed by atoms with Crippen molar-refractivity contribution in [3.8, 4) is 11.5 Å². The molecule has 0 amide bonds. The lowest BCUT2D eigenvalue weighted by Gasteiger charge is -2.25. The number of fused-ring (bicyclic) bond motifs is 1. The van der Waals surface area contributed by atoms with Gasteiger partial charge in [-0.1, -0.05) is 0 Å². The van der Waals surface area contributed by atoms with Crippen molar-refractivity contribution in [3.63, 3.8) is 0 Å². The monoisotopic (exact) mass is 517 g/mol. The number of alkyl halides is 3. The molecule has 3 rings (SSSR count). The van der Waals surface area contributed by atoms with Crippen LogP contribution in [0.25, 0.3) is 10.9 Å². The van der Waals surface area contributed by atoms with E-state index in [9.17, 15) is 38.0 Å². The van der Waals surface area contributed by atoms with Crippen molar-refractivity contribution in [1.82, 2.24) is 9.97 Å². The van der Waals surface area contributed by atoms with E-state index in [1.54, 1.807) is 0 Å². The lowest BCUT2D eigenvalue weighted by atomic mass is 10.0. The molecule has 6 N–H and O–H groups in total. The first kappa shape index (κ1) is 27.3. The maximum absolute atomic E-state index is 13.6. The van der Waals surface area contributed by atoms with Crippen LogP contribution in [-0.2, 0) is 6.18 Å². The van der Waals surface area contributed by atoms with E-state index in [0.29, 0.717) is 17.5 Å². The van der Waals surface area contributed by atoms with Gasteiger partial charge in [0, 0.05) is 17.1 Å². The van der Waals surface area contributed by atoms with E-state index in [0.717, 1.165) is 12.4 Å². The molecule has 2 aromatic carbocycles. The minimum atomic E-state index is -4.89. The molecule has 1 heterocycles. The first-order chi connectivity index (χ1) is 17.0. The van der Waals surface area contributed by atoms with E-state index in [-0.39, 0.29) is 28.5 Å². The zero-order chi connectivity index (χ0) is 26.6. The molecule has 1 aromatic heterocycles. The second kappa shape index (κ2) is 11.2. The van der Waals surface area contributed by atoms with E-state index >= 15 is 0 Å². The van der Waals surface area contributed by atoms with E-state index in [1.807, 2.05) is 0 Å². The summed E-state index contributed by atoms with van der Waals surface area (Å²) in [5.74, 6) is -1.18. The number of aliphatic hydroxyl groups excluding tert-OH is 5. The zero-order valence-corrected chi connectivity index (χ0v) is 18.6. The second-order valence-corrected chi connectivity index (χ2v) is 7.67. The van der Waals surface area contributed by atoms with Crippen LogP contribution in [0.3, 0.4) is 0 Å². The molecule has 0 unspecified atom stereocenters. The lowest BCUT2D eigenvalue weighted by Crippen LogP contribution is -2.47. The van der Waals surface area contributed by atoms with Gasteiger partial charge in [0.25, 0.3) is 0 Å². The van der Waals surface area contributed by atoms with Crippen LogP contribution in [0.2, 0.25) is 0 Å². The topological polar surface area (TPSA) is 157 Å². The Morgan fingerprint density at radius 2 is 1.67 bits per heavy atom. The van der Waals surface area contributed by atoms with Crippen LogP contribution in [0.15, 0.2) is 36.7 Å². The summed E-state index contributed by atoms with van der Waals surface area (Å²) in [5.41, 5.74) is -1.27. The van der Waals surface area contributed by atoms with Gasteiger partial charge in [0.1, 0.15) is 49.0 Å². The van der Waals surface area contributed by atoms with Gasteiger partial charge in [0.15, 0.2) is 11.5 Å². The number of nitrogens with one attached hydrogen (secondary N) is 1. The highest BCUT2D eigenvalue weighted by atomic mass is 19.4. The predicted molar refractivity (Wildman–Crippen MR) is 117 cm³/mol. The molecule has 0 spiro atoms. The van der Waals surface area contributed by atoms with Gasteiger partial charge in [0.2, 0.25) is 0 Å². The molecule has 4 atom stereocenters. The van der Waals surface area contributed by atoms with Crippen LogP contribution in [0.4, 0.5) is 29.1 Å². The van der Waals surface area contributed by atoms with Crippen molar-refractivity contribution in [1.29, 1.82) is 0 Å². The Balaban J connectivity index is 1.86. The van der Waals surface area contributed by atoms with Gasteiger partial charge in [-0.25, -0.2) is 14.4 Å². The van der Waals surface area contributed by atoms with Gasteiger partial charge in [0.05, 0.1) is 24.8 Å². The Morgan fingerprint density at radius 1 is 0.972 bits per heavy atom. The largest absolute Gasteiger partial charge is 0.493 e. The molecule has 0 aliphatic carbocycles. The molecule has 14 heteroatoms. The van der Waals surface area contributed by atoms with Gasteiger partial charge in [-0.3, -0.25) is 0 Å². The third-order valence-electron chi connectivity index (χ3n) is 5.19. The number of rotatable bonds is 10. The first-order valence-electron chi connectivity index (χ1n) is 10.4. The SMILES string of the molecule is COc1cc2c(Nc3ccc(F)c(C(F)(F)F)c3)ncnc2cc1OC[C@@H](O)[C@H](O)[C@@H](O)[C@H](O)CO. The van der Waals surface area contributed by atoms with Crippen molar-refractivity contribution < 1.29 is 52.6 Å². The zero-order valence-electron chi connectivity index (χ0n) is 18.6. The molecule has 0 saturated heterocycles. The fourth-order valence-electron chi connectivity index (χ4n) is 3.23. The van der Waals surface area contributed by atoms with Crippen LogP contribution in [0, 0.1) is 5.82 Å².